The summed E-state index contributed by atoms with van der Waals surface area (Å²) in [6, 6.07) is 16.6. The van der Waals surface area contributed by atoms with Gasteiger partial charge in [-0.05, 0) is 40.2 Å². The number of anilines is 2. The van der Waals surface area contributed by atoms with Gasteiger partial charge in [0.15, 0.2) is 12.1 Å². The monoisotopic (exact) mass is 422 g/mol. The highest BCUT2D eigenvalue weighted by molar-refractivity contribution is 9.12. The van der Waals surface area contributed by atoms with Crippen molar-refractivity contribution in [3.63, 3.8) is 0 Å². The van der Waals surface area contributed by atoms with E-state index in [1.54, 1.807) is 6.21 Å². The number of H-pyrrole nitrogens is 1. The largest absolute Gasteiger partial charge is 0.346 e. The number of nitrogens with one attached hydrogen (secondary N) is 4. The predicted octanol–water partition coefficient (Wildman–Crippen LogP) is 4.49. The van der Waals surface area contributed by atoms with E-state index in [1.807, 2.05) is 18.2 Å². The van der Waals surface area contributed by atoms with Crippen LogP contribution in [0.1, 0.15) is 24.5 Å². The van der Waals surface area contributed by atoms with E-state index in [9.17, 15) is 0 Å². The van der Waals surface area contributed by atoms with Crippen molar-refractivity contribution in [1.82, 2.24) is 15.5 Å². The van der Waals surface area contributed by atoms with Gasteiger partial charge in [0.25, 0.3) is 0 Å². The van der Waals surface area contributed by atoms with E-state index in [0.29, 0.717) is 5.92 Å². The van der Waals surface area contributed by atoms with E-state index in [2.05, 4.69) is 77.4 Å². The van der Waals surface area contributed by atoms with Crippen LogP contribution in [0.3, 0.4) is 0 Å². The molecule has 0 bridgehead atoms. The number of nitrogens with zero attached hydrogens (tertiary/aromatic N) is 2. The number of aromatic nitrogens is 2. The summed E-state index contributed by atoms with van der Waals surface area (Å²) in [4.78, 5) is 4.53. The fourth-order valence-corrected chi connectivity index (χ4v) is 3.58. The van der Waals surface area contributed by atoms with Crippen LogP contribution < -0.4 is 16.0 Å². The van der Waals surface area contributed by atoms with Gasteiger partial charge in [0.1, 0.15) is 5.82 Å². The van der Waals surface area contributed by atoms with E-state index in [-0.39, 0.29) is 6.29 Å². The molecule has 1 saturated carbocycles. The number of hydrogen-bond acceptors (Lipinski definition) is 5. The fourth-order valence-electron chi connectivity index (χ4n) is 3.25. The quantitative estimate of drug-likeness (QED) is 0.488. The van der Waals surface area contributed by atoms with Gasteiger partial charge in [-0.25, -0.2) is 4.99 Å². The molecule has 1 aromatic heterocycles. The molecule has 0 amide bonds. The molecule has 1 aliphatic carbocycles. The van der Waals surface area contributed by atoms with Crippen LogP contribution in [0.2, 0.25) is 0 Å². The van der Waals surface area contributed by atoms with Crippen molar-refractivity contribution in [2.45, 2.75) is 25.0 Å². The molecule has 1 fully saturated rings. The molecule has 0 radical (unpaired) electrons. The third-order valence-corrected chi connectivity index (χ3v) is 5.41. The molecule has 1 aliphatic heterocycles. The van der Waals surface area contributed by atoms with Gasteiger partial charge in [0.05, 0.1) is 4.48 Å². The van der Waals surface area contributed by atoms with Gasteiger partial charge >= 0.3 is 0 Å². The first-order valence-corrected chi connectivity index (χ1v) is 9.82. The summed E-state index contributed by atoms with van der Waals surface area (Å²) < 4.78 is 0.856. The second kappa shape index (κ2) is 6.74. The van der Waals surface area contributed by atoms with E-state index < -0.39 is 0 Å². The predicted molar refractivity (Wildman–Crippen MR) is 113 cm³/mol. The van der Waals surface area contributed by atoms with Crippen LogP contribution in [0, 0.1) is 0 Å². The smallest absolute Gasteiger partial charge is 0.195 e. The van der Waals surface area contributed by atoms with Crippen molar-refractivity contribution in [2.75, 3.05) is 10.6 Å². The van der Waals surface area contributed by atoms with Gasteiger partial charge in [-0.15, -0.1) is 0 Å². The molecule has 4 N–H and O–H groups in total. The molecule has 0 spiro atoms. The van der Waals surface area contributed by atoms with Crippen LogP contribution in [0.15, 0.2) is 63.8 Å². The van der Waals surface area contributed by atoms with E-state index in [0.717, 1.165) is 21.8 Å². The molecule has 2 aliphatic rings. The summed E-state index contributed by atoms with van der Waals surface area (Å²) in [5, 5.41) is 20.0. The first-order valence-electron chi connectivity index (χ1n) is 9.02. The van der Waals surface area contributed by atoms with Gasteiger partial charge in [-0.3, -0.25) is 5.10 Å². The number of hydrogen-bond donors (Lipinski definition) is 4. The summed E-state index contributed by atoms with van der Waals surface area (Å²) in [7, 11) is 0. The summed E-state index contributed by atoms with van der Waals surface area (Å²) in [6.07, 6.45) is 4.02. The lowest BCUT2D eigenvalue weighted by Crippen LogP contribution is -2.39. The molecular weight excluding hydrogens is 404 g/mol. The first kappa shape index (κ1) is 16.4. The molecule has 3 aromatic rings. The Morgan fingerprint density at radius 2 is 1.93 bits per heavy atom. The zero-order valence-electron chi connectivity index (χ0n) is 14.5. The molecular formula is C20H19BrN6. The highest BCUT2D eigenvalue weighted by Crippen LogP contribution is 2.39. The lowest BCUT2D eigenvalue weighted by molar-refractivity contribution is 0.654. The van der Waals surface area contributed by atoms with Gasteiger partial charge in [0.2, 0.25) is 0 Å². The minimum Gasteiger partial charge on any atom is -0.346 e. The average Bonchev–Trinajstić information content (AvgIpc) is 3.44. The van der Waals surface area contributed by atoms with Crippen LogP contribution in [0.5, 0.6) is 0 Å². The van der Waals surface area contributed by atoms with Gasteiger partial charge in [-0.2, -0.15) is 5.10 Å². The molecule has 136 valence electrons. The Labute approximate surface area is 165 Å². The maximum absolute atomic E-state index is 4.53. The minimum absolute atomic E-state index is 0.276. The van der Waals surface area contributed by atoms with Crippen LogP contribution in [0.4, 0.5) is 11.5 Å². The van der Waals surface area contributed by atoms with Crippen molar-refractivity contribution in [1.29, 1.82) is 0 Å². The molecule has 27 heavy (non-hydrogen) atoms. The summed E-state index contributed by atoms with van der Waals surface area (Å²) >= 11 is 3.55. The van der Waals surface area contributed by atoms with E-state index in [1.165, 1.54) is 29.3 Å². The molecule has 7 heteroatoms. The normalized spacial score (nSPS) is 19.2. The minimum atomic E-state index is -0.276. The Balaban J connectivity index is 1.33. The molecule has 5 rings (SSSR count). The SMILES string of the molecule is BrC1=C(Nc2cc(C3CC3)[nH]n2)NC(Nc2cccc3ccccc23)N=C1. The molecule has 6 nitrogen and oxygen atoms in total. The van der Waals surface area contributed by atoms with Gasteiger partial charge < -0.3 is 16.0 Å². The Hall–Kier alpha value is -2.80. The van der Waals surface area contributed by atoms with Gasteiger partial charge in [0, 0.05) is 35.0 Å². The summed E-state index contributed by atoms with van der Waals surface area (Å²) in [5.74, 6) is 2.28. The number of rotatable bonds is 5. The standard InChI is InChI=1S/C20H19BrN6/c21-15-11-22-20(23-16-7-3-5-12-4-1-2-6-14(12)16)25-19(15)24-18-10-17(26-27-18)13-8-9-13/h1-7,10-11,13,20,23,25H,8-9H2,(H2,24,26,27). The van der Waals surface area contributed by atoms with Crippen LogP contribution in [0.25, 0.3) is 10.8 Å². The van der Waals surface area contributed by atoms with Crippen LogP contribution >= 0.6 is 15.9 Å². The van der Waals surface area contributed by atoms with E-state index >= 15 is 0 Å². The lowest BCUT2D eigenvalue weighted by atomic mass is 10.1. The summed E-state index contributed by atoms with van der Waals surface area (Å²) in [6.45, 7) is 0. The second-order valence-electron chi connectivity index (χ2n) is 6.83. The Morgan fingerprint density at radius 3 is 2.81 bits per heavy atom. The van der Waals surface area contributed by atoms with Gasteiger partial charge in [-0.1, -0.05) is 36.4 Å². The molecule has 0 saturated heterocycles. The number of benzene rings is 2. The molecule has 1 unspecified atom stereocenters. The van der Waals surface area contributed by atoms with Crippen molar-refractivity contribution in [3.8, 4) is 0 Å². The molecule has 1 atom stereocenters. The molecule has 2 heterocycles. The Bertz CT molecular complexity index is 1040. The molecule has 2 aromatic carbocycles. The third kappa shape index (κ3) is 3.42. The lowest BCUT2D eigenvalue weighted by Gasteiger charge is -2.25. The van der Waals surface area contributed by atoms with Crippen molar-refractivity contribution in [3.05, 3.63) is 64.5 Å². The first-order chi connectivity index (χ1) is 13.3. The number of halogens is 1. The number of aliphatic imine (C=N–C) groups is 1. The van der Waals surface area contributed by atoms with Crippen molar-refractivity contribution >= 4 is 44.4 Å². The van der Waals surface area contributed by atoms with Crippen molar-refractivity contribution < 1.29 is 0 Å². The number of fused-ring (bicyclic) bond motifs is 1. The third-order valence-electron chi connectivity index (χ3n) is 4.81. The fraction of sp³-hybridized carbons (Fsp3) is 0.200. The van der Waals surface area contributed by atoms with Crippen LogP contribution in [-0.2, 0) is 0 Å². The number of aromatic amines is 1. The maximum atomic E-state index is 4.53. The Kier molecular flexibility index (Phi) is 4.09. The topological polar surface area (TPSA) is 77.1 Å². The highest BCUT2D eigenvalue weighted by Gasteiger charge is 2.26. The van der Waals surface area contributed by atoms with Crippen molar-refractivity contribution in [2.24, 2.45) is 4.99 Å². The summed E-state index contributed by atoms with van der Waals surface area (Å²) in [5.41, 5.74) is 2.24. The van der Waals surface area contributed by atoms with Crippen LogP contribution in [-0.4, -0.2) is 22.7 Å². The number of allylic oxidation sites excluding steroid dienone is 1. The average molecular weight is 423 g/mol. The second-order valence-corrected chi connectivity index (χ2v) is 7.68. The zero-order chi connectivity index (χ0) is 18.2. The zero-order valence-corrected chi connectivity index (χ0v) is 16.1. The highest BCUT2D eigenvalue weighted by atomic mass is 79.9. The maximum Gasteiger partial charge on any atom is 0.195 e. The Morgan fingerprint density at radius 1 is 1.07 bits per heavy atom. The van der Waals surface area contributed by atoms with E-state index in [4.69, 9.17) is 0 Å².